The van der Waals surface area contributed by atoms with Crippen LogP contribution in [0.4, 0.5) is 0 Å². The van der Waals surface area contributed by atoms with Gasteiger partial charge in [-0.05, 0) is 34.1 Å². The minimum atomic E-state index is -2.10. The summed E-state index contributed by atoms with van der Waals surface area (Å²) >= 11 is 0. The van der Waals surface area contributed by atoms with Crippen LogP contribution in [-0.2, 0) is 4.74 Å². The number of aliphatic hydroxyl groups is 5. The Bertz CT molecular complexity index is 404. The average molecular weight is 348 g/mol. The Hall–Kier alpha value is -0.240. The highest BCUT2D eigenvalue weighted by Crippen LogP contribution is 2.50. The van der Waals surface area contributed by atoms with Crippen molar-refractivity contribution >= 4 is 0 Å². The van der Waals surface area contributed by atoms with Gasteiger partial charge in [-0.3, -0.25) is 0 Å². The monoisotopic (exact) mass is 348 g/mol. The largest absolute Gasteiger partial charge is 0.391 e. The van der Waals surface area contributed by atoms with E-state index in [1.807, 2.05) is 0 Å². The molecule has 1 rings (SSSR count). The predicted molar refractivity (Wildman–Crippen MR) is 91.4 cm³/mol. The van der Waals surface area contributed by atoms with Crippen molar-refractivity contribution in [2.45, 2.75) is 114 Å². The van der Waals surface area contributed by atoms with Gasteiger partial charge in [0.2, 0.25) is 0 Å². The van der Waals surface area contributed by atoms with Gasteiger partial charge in [0.05, 0.1) is 6.10 Å². The summed E-state index contributed by atoms with van der Waals surface area (Å²) in [6.07, 6.45) is 3.71. The third-order valence-electron chi connectivity index (χ3n) is 5.88. The van der Waals surface area contributed by atoms with Crippen molar-refractivity contribution in [3.05, 3.63) is 0 Å². The third-order valence-corrected chi connectivity index (χ3v) is 5.88. The second-order valence-electron chi connectivity index (χ2n) is 7.87. The molecule has 144 valence electrons. The number of ether oxygens (including phenoxy) is 1. The SMILES string of the molecule is CCCCCCCC[C@@]1(O)O[C@H](C(C)O)[C@@](C)(O)[C@](C)(O)[C@@]1(C)O. The summed E-state index contributed by atoms with van der Waals surface area (Å²) in [6, 6.07) is 0. The van der Waals surface area contributed by atoms with Gasteiger partial charge in [-0.15, -0.1) is 0 Å². The minimum absolute atomic E-state index is 0.113. The number of rotatable bonds is 8. The fourth-order valence-corrected chi connectivity index (χ4v) is 3.61. The first-order valence-corrected chi connectivity index (χ1v) is 9.10. The number of aliphatic hydroxyl groups excluding tert-OH is 1. The van der Waals surface area contributed by atoms with Crippen molar-refractivity contribution in [2.75, 3.05) is 0 Å². The van der Waals surface area contributed by atoms with Gasteiger partial charge in [0.15, 0.2) is 5.79 Å². The molecule has 0 aromatic carbocycles. The van der Waals surface area contributed by atoms with E-state index in [-0.39, 0.29) is 6.42 Å². The van der Waals surface area contributed by atoms with E-state index in [1.54, 1.807) is 0 Å². The highest BCUT2D eigenvalue weighted by Gasteiger charge is 2.71. The molecule has 1 heterocycles. The third kappa shape index (κ3) is 3.64. The van der Waals surface area contributed by atoms with Crippen LogP contribution < -0.4 is 0 Å². The molecule has 1 aliphatic heterocycles. The minimum Gasteiger partial charge on any atom is -0.391 e. The van der Waals surface area contributed by atoms with Crippen LogP contribution in [0.3, 0.4) is 0 Å². The molecule has 1 unspecified atom stereocenters. The van der Waals surface area contributed by atoms with Gasteiger partial charge in [0.1, 0.15) is 22.9 Å². The molecular formula is C18H36O6. The molecule has 1 saturated heterocycles. The molecule has 5 N–H and O–H groups in total. The summed E-state index contributed by atoms with van der Waals surface area (Å²) in [6.45, 7) is 7.37. The molecule has 1 aliphatic rings. The topological polar surface area (TPSA) is 110 Å². The first-order chi connectivity index (χ1) is 10.8. The zero-order valence-corrected chi connectivity index (χ0v) is 15.7. The van der Waals surface area contributed by atoms with Gasteiger partial charge in [0.25, 0.3) is 0 Å². The van der Waals surface area contributed by atoms with Gasteiger partial charge in [0, 0.05) is 6.42 Å². The van der Waals surface area contributed by atoms with Crippen LogP contribution in [0, 0.1) is 0 Å². The Morgan fingerprint density at radius 1 is 0.875 bits per heavy atom. The molecule has 0 bridgehead atoms. The second-order valence-corrected chi connectivity index (χ2v) is 7.87. The molecule has 0 aliphatic carbocycles. The van der Waals surface area contributed by atoms with Crippen LogP contribution in [0.15, 0.2) is 0 Å². The molecule has 24 heavy (non-hydrogen) atoms. The van der Waals surface area contributed by atoms with Gasteiger partial charge < -0.3 is 30.3 Å². The van der Waals surface area contributed by atoms with E-state index in [4.69, 9.17) is 4.74 Å². The molecule has 6 atom stereocenters. The smallest absolute Gasteiger partial charge is 0.198 e. The van der Waals surface area contributed by atoms with Gasteiger partial charge >= 0.3 is 0 Å². The van der Waals surface area contributed by atoms with E-state index < -0.39 is 34.8 Å². The predicted octanol–water partition coefficient (Wildman–Crippen LogP) is 1.46. The first kappa shape index (κ1) is 21.8. The molecular weight excluding hydrogens is 312 g/mol. The van der Waals surface area contributed by atoms with Crippen LogP contribution in [0.1, 0.15) is 79.6 Å². The van der Waals surface area contributed by atoms with Crippen LogP contribution in [-0.4, -0.2) is 60.3 Å². The van der Waals surface area contributed by atoms with E-state index in [0.29, 0.717) is 6.42 Å². The van der Waals surface area contributed by atoms with E-state index in [2.05, 4.69) is 6.92 Å². The maximum Gasteiger partial charge on any atom is 0.198 e. The van der Waals surface area contributed by atoms with Crippen molar-refractivity contribution in [1.82, 2.24) is 0 Å². The Morgan fingerprint density at radius 2 is 1.38 bits per heavy atom. The highest BCUT2D eigenvalue weighted by molar-refractivity contribution is 5.18. The molecule has 6 nitrogen and oxygen atoms in total. The first-order valence-electron chi connectivity index (χ1n) is 9.10. The molecule has 0 radical (unpaired) electrons. The normalized spacial score (nSPS) is 44.5. The molecule has 0 amide bonds. The molecule has 0 aromatic rings. The van der Waals surface area contributed by atoms with Crippen molar-refractivity contribution in [2.24, 2.45) is 0 Å². The summed E-state index contributed by atoms with van der Waals surface area (Å²) < 4.78 is 5.57. The Morgan fingerprint density at radius 3 is 1.88 bits per heavy atom. The van der Waals surface area contributed by atoms with E-state index in [1.165, 1.54) is 34.1 Å². The van der Waals surface area contributed by atoms with Gasteiger partial charge in [-0.1, -0.05) is 39.0 Å². The van der Waals surface area contributed by atoms with Crippen LogP contribution in [0.2, 0.25) is 0 Å². The van der Waals surface area contributed by atoms with Crippen LogP contribution in [0.25, 0.3) is 0 Å². The zero-order valence-electron chi connectivity index (χ0n) is 15.7. The lowest BCUT2D eigenvalue weighted by Crippen LogP contribution is -2.82. The van der Waals surface area contributed by atoms with E-state index in [9.17, 15) is 25.5 Å². The van der Waals surface area contributed by atoms with Crippen molar-refractivity contribution in [1.29, 1.82) is 0 Å². The fourth-order valence-electron chi connectivity index (χ4n) is 3.61. The molecule has 6 heteroatoms. The Kier molecular flexibility index (Phi) is 6.87. The average Bonchev–Trinajstić information content (AvgIpc) is 2.46. The standard InChI is InChI=1S/C18H36O6/c1-6-7-8-9-10-11-12-18(23)17(5,22)16(4,21)15(3,20)14(24-18)13(2)19/h13-14,19-23H,6-12H2,1-5H3/t13?,14-,15-,16+,17-,18-/m1/s1. The molecule has 1 fully saturated rings. The fraction of sp³-hybridized carbons (Fsp3) is 1.00. The number of hydrogen-bond donors (Lipinski definition) is 5. The second kappa shape index (κ2) is 7.56. The Labute approximate surface area is 145 Å². The van der Waals surface area contributed by atoms with Crippen LogP contribution in [0.5, 0.6) is 0 Å². The van der Waals surface area contributed by atoms with Crippen LogP contribution >= 0.6 is 0 Å². The van der Waals surface area contributed by atoms with Crippen molar-refractivity contribution in [3.8, 4) is 0 Å². The lowest BCUT2D eigenvalue weighted by atomic mass is 9.63. The van der Waals surface area contributed by atoms with E-state index in [0.717, 1.165) is 25.7 Å². The number of hydrogen-bond acceptors (Lipinski definition) is 6. The maximum atomic E-state index is 10.9. The van der Waals surface area contributed by atoms with E-state index >= 15 is 0 Å². The van der Waals surface area contributed by atoms with Gasteiger partial charge in [-0.25, -0.2) is 0 Å². The summed E-state index contributed by atoms with van der Waals surface area (Å²) in [5, 5.41) is 53.2. The quantitative estimate of drug-likeness (QED) is 0.425. The summed E-state index contributed by atoms with van der Waals surface area (Å²) in [5.41, 5.74) is -6.10. The molecule has 0 aromatic heterocycles. The summed E-state index contributed by atoms with van der Waals surface area (Å²) in [5.74, 6) is -2.05. The zero-order chi connectivity index (χ0) is 18.8. The number of unbranched alkanes of at least 4 members (excludes halogenated alkanes) is 5. The lowest BCUT2D eigenvalue weighted by Gasteiger charge is -2.61. The summed E-state index contributed by atoms with van der Waals surface area (Å²) in [7, 11) is 0. The van der Waals surface area contributed by atoms with Crippen molar-refractivity contribution in [3.63, 3.8) is 0 Å². The Balaban J connectivity index is 2.92. The molecule has 0 saturated carbocycles. The summed E-state index contributed by atoms with van der Waals surface area (Å²) in [4.78, 5) is 0. The van der Waals surface area contributed by atoms with Crippen molar-refractivity contribution < 1.29 is 30.3 Å². The highest BCUT2D eigenvalue weighted by atomic mass is 16.7. The van der Waals surface area contributed by atoms with Gasteiger partial charge in [-0.2, -0.15) is 0 Å². The maximum absolute atomic E-state index is 10.9. The lowest BCUT2D eigenvalue weighted by molar-refractivity contribution is -0.436. The molecule has 0 spiro atoms.